The molecule has 0 bridgehead atoms. The standard InChI is InChI=1S/C23H21Cl3FNO2/c1-29-22-12-16(13-28-9-8-17-4-2-3-5-21(17)27)11-20(26)23(22)30-14-15-6-7-18(24)19(25)10-15/h2-7,10-12,28H,8-9,13-14H2,1H3. The minimum Gasteiger partial charge on any atom is -0.493 e. The van der Waals surface area contributed by atoms with Gasteiger partial charge in [-0.1, -0.05) is 59.1 Å². The Labute approximate surface area is 190 Å². The predicted molar refractivity (Wildman–Crippen MR) is 121 cm³/mol. The summed E-state index contributed by atoms with van der Waals surface area (Å²) in [5.41, 5.74) is 2.49. The second-order valence-electron chi connectivity index (χ2n) is 6.66. The van der Waals surface area contributed by atoms with Crippen LogP contribution in [0.5, 0.6) is 11.5 Å². The molecule has 0 aromatic heterocycles. The largest absolute Gasteiger partial charge is 0.493 e. The van der Waals surface area contributed by atoms with Crippen LogP contribution in [0, 0.1) is 5.82 Å². The Morgan fingerprint density at radius 3 is 2.40 bits per heavy atom. The van der Waals surface area contributed by atoms with Gasteiger partial charge in [-0.25, -0.2) is 4.39 Å². The van der Waals surface area contributed by atoms with E-state index < -0.39 is 0 Å². The number of ether oxygens (including phenoxy) is 2. The van der Waals surface area contributed by atoms with Crippen molar-refractivity contribution < 1.29 is 13.9 Å². The summed E-state index contributed by atoms with van der Waals surface area (Å²) in [7, 11) is 1.56. The first-order valence-electron chi connectivity index (χ1n) is 9.35. The van der Waals surface area contributed by atoms with Crippen molar-refractivity contribution >= 4 is 34.8 Å². The van der Waals surface area contributed by atoms with Gasteiger partial charge < -0.3 is 14.8 Å². The van der Waals surface area contributed by atoms with Crippen molar-refractivity contribution in [2.45, 2.75) is 19.6 Å². The molecule has 0 heterocycles. The van der Waals surface area contributed by atoms with Gasteiger partial charge in [0.25, 0.3) is 0 Å². The average Bonchev–Trinajstić information content (AvgIpc) is 2.73. The molecule has 3 aromatic carbocycles. The third kappa shape index (κ3) is 6.02. The van der Waals surface area contributed by atoms with E-state index in [4.69, 9.17) is 44.3 Å². The van der Waals surface area contributed by atoms with Gasteiger partial charge in [-0.05, 0) is 60.0 Å². The van der Waals surface area contributed by atoms with E-state index in [1.54, 1.807) is 31.4 Å². The molecule has 0 aliphatic heterocycles. The Morgan fingerprint density at radius 2 is 1.67 bits per heavy atom. The Kier molecular flexibility index (Phi) is 8.23. The van der Waals surface area contributed by atoms with E-state index in [-0.39, 0.29) is 12.4 Å². The molecule has 3 aromatic rings. The van der Waals surface area contributed by atoms with E-state index in [0.717, 1.165) is 11.1 Å². The first kappa shape index (κ1) is 22.7. The Balaban J connectivity index is 1.60. The zero-order chi connectivity index (χ0) is 21.5. The molecule has 7 heteroatoms. The van der Waals surface area contributed by atoms with E-state index in [9.17, 15) is 4.39 Å². The monoisotopic (exact) mass is 467 g/mol. The minimum atomic E-state index is -0.188. The average molecular weight is 469 g/mol. The molecule has 0 saturated heterocycles. The molecular formula is C23H21Cl3FNO2. The molecule has 0 spiro atoms. The van der Waals surface area contributed by atoms with Crippen LogP contribution in [0.3, 0.4) is 0 Å². The molecule has 0 atom stereocenters. The zero-order valence-electron chi connectivity index (χ0n) is 16.4. The maximum Gasteiger partial charge on any atom is 0.180 e. The third-order valence-corrected chi connectivity index (χ3v) is 5.53. The highest BCUT2D eigenvalue weighted by atomic mass is 35.5. The lowest BCUT2D eigenvalue weighted by molar-refractivity contribution is 0.284. The molecule has 0 amide bonds. The van der Waals surface area contributed by atoms with Crippen molar-refractivity contribution in [1.82, 2.24) is 5.32 Å². The predicted octanol–water partition coefficient (Wildman–Crippen LogP) is 6.71. The molecule has 0 aliphatic carbocycles. The normalized spacial score (nSPS) is 10.8. The van der Waals surface area contributed by atoms with Gasteiger partial charge in [-0.2, -0.15) is 0 Å². The Hall–Kier alpha value is -1.98. The summed E-state index contributed by atoms with van der Waals surface area (Å²) in [6, 6.07) is 15.8. The van der Waals surface area contributed by atoms with Gasteiger partial charge in [0, 0.05) is 6.54 Å². The highest BCUT2D eigenvalue weighted by Crippen LogP contribution is 2.37. The van der Waals surface area contributed by atoms with Crippen LogP contribution in [0.4, 0.5) is 4.39 Å². The van der Waals surface area contributed by atoms with Crippen molar-refractivity contribution in [3.63, 3.8) is 0 Å². The van der Waals surface area contributed by atoms with Crippen molar-refractivity contribution in [3.05, 3.63) is 92.2 Å². The fourth-order valence-electron chi connectivity index (χ4n) is 2.96. The topological polar surface area (TPSA) is 30.5 Å². The number of halogens is 4. The van der Waals surface area contributed by atoms with E-state index >= 15 is 0 Å². The summed E-state index contributed by atoms with van der Waals surface area (Å²) in [5.74, 6) is 0.807. The van der Waals surface area contributed by atoms with Gasteiger partial charge >= 0.3 is 0 Å². The number of hydrogen-bond donors (Lipinski definition) is 1. The third-order valence-electron chi connectivity index (χ3n) is 4.51. The summed E-state index contributed by atoms with van der Waals surface area (Å²) < 4.78 is 25.0. The minimum absolute atomic E-state index is 0.188. The highest BCUT2D eigenvalue weighted by molar-refractivity contribution is 6.42. The van der Waals surface area contributed by atoms with Gasteiger partial charge in [0.15, 0.2) is 11.5 Å². The Bertz CT molecular complexity index is 1010. The van der Waals surface area contributed by atoms with Gasteiger partial charge in [-0.3, -0.25) is 0 Å². The van der Waals surface area contributed by atoms with Crippen LogP contribution in [0.25, 0.3) is 0 Å². The molecule has 0 unspecified atom stereocenters. The van der Waals surface area contributed by atoms with Gasteiger partial charge in [0.1, 0.15) is 12.4 Å². The molecule has 3 nitrogen and oxygen atoms in total. The number of benzene rings is 3. The van der Waals surface area contributed by atoms with E-state index in [2.05, 4.69) is 5.32 Å². The van der Waals surface area contributed by atoms with Crippen molar-refractivity contribution in [3.8, 4) is 11.5 Å². The van der Waals surface area contributed by atoms with Crippen LogP contribution in [0.1, 0.15) is 16.7 Å². The fraction of sp³-hybridized carbons (Fsp3) is 0.217. The Morgan fingerprint density at radius 1 is 0.900 bits per heavy atom. The second-order valence-corrected chi connectivity index (χ2v) is 7.89. The van der Waals surface area contributed by atoms with Crippen LogP contribution in [-0.2, 0) is 19.6 Å². The smallest absolute Gasteiger partial charge is 0.180 e. The maximum absolute atomic E-state index is 13.7. The van der Waals surface area contributed by atoms with Crippen LogP contribution in [-0.4, -0.2) is 13.7 Å². The quantitative estimate of drug-likeness (QED) is 0.354. The molecule has 0 fully saturated rings. The van der Waals surface area contributed by atoms with Crippen LogP contribution in [0.15, 0.2) is 54.6 Å². The van der Waals surface area contributed by atoms with Crippen molar-refractivity contribution in [2.75, 3.05) is 13.7 Å². The molecule has 1 N–H and O–H groups in total. The lowest BCUT2D eigenvalue weighted by Gasteiger charge is -2.15. The molecule has 30 heavy (non-hydrogen) atoms. The van der Waals surface area contributed by atoms with Crippen LogP contribution < -0.4 is 14.8 Å². The molecule has 158 valence electrons. The summed E-state index contributed by atoms with van der Waals surface area (Å²) in [6.45, 7) is 1.47. The maximum atomic E-state index is 13.7. The summed E-state index contributed by atoms with van der Waals surface area (Å²) >= 11 is 18.4. The molecular weight excluding hydrogens is 448 g/mol. The first-order chi connectivity index (χ1) is 14.5. The van der Waals surface area contributed by atoms with Crippen molar-refractivity contribution in [2.24, 2.45) is 0 Å². The molecule has 0 radical (unpaired) electrons. The zero-order valence-corrected chi connectivity index (χ0v) is 18.6. The molecule has 0 aliphatic rings. The van der Waals surface area contributed by atoms with Gasteiger partial charge in [-0.15, -0.1) is 0 Å². The summed E-state index contributed by atoms with van der Waals surface area (Å²) in [5, 5.41) is 4.69. The first-order valence-corrected chi connectivity index (χ1v) is 10.5. The molecule has 3 rings (SSSR count). The van der Waals surface area contributed by atoms with Crippen molar-refractivity contribution in [1.29, 1.82) is 0 Å². The van der Waals surface area contributed by atoms with Crippen LogP contribution >= 0.6 is 34.8 Å². The van der Waals surface area contributed by atoms with Gasteiger partial charge in [0.2, 0.25) is 0 Å². The lowest BCUT2D eigenvalue weighted by Crippen LogP contribution is -2.17. The number of methoxy groups -OCH3 is 1. The molecule has 0 saturated carbocycles. The lowest BCUT2D eigenvalue weighted by atomic mass is 10.1. The second kappa shape index (κ2) is 10.9. The summed E-state index contributed by atoms with van der Waals surface area (Å²) in [6.07, 6.45) is 0.600. The summed E-state index contributed by atoms with van der Waals surface area (Å²) in [4.78, 5) is 0. The van der Waals surface area contributed by atoms with Gasteiger partial charge in [0.05, 0.1) is 22.2 Å². The van der Waals surface area contributed by atoms with E-state index in [1.165, 1.54) is 6.07 Å². The fourth-order valence-corrected chi connectivity index (χ4v) is 3.57. The highest BCUT2D eigenvalue weighted by Gasteiger charge is 2.13. The number of nitrogens with one attached hydrogen (secondary N) is 1. The number of hydrogen-bond acceptors (Lipinski definition) is 3. The number of rotatable bonds is 9. The van der Waals surface area contributed by atoms with Crippen LogP contribution in [0.2, 0.25) is 15.1 Å². The van der Waals surface area contributed by atoms with E-state index in [0.29, 0.717) is 51.6 Å². The van der Waals surface area contributed by atoms with E-state index in [1.807, 2.05) is 24.3 Å². The SMILES string of the molecule is COc1cc(CNCCc2ccccc2F)cc(Cl)c1OCc1ccc(Cl)c(Cl)c1.